The Morgan fingerprint density at radius 1 is 1.40 bits per heavy atom. The number of aromatic nitrogens is 1. The maximum absolute atomic E-state index is 12.2. The third kappa shape index (κ3) is 5.20. The molecule has 0 radical (unpaired) electrons. The van der Waals surface area contributed by atoms with Crippen molar-refractivity contribution in [1.82, 2.24) is 4.98 Å². The highest BCUT2D eigenvalue weighted by Crippen LogP contribution is 2.25. The van der Waals surface area contributed by atoms with Crippen LogP contribution in [0.15, 0.2) is 29.2 Å². The monoisotopic (exact) mass is 396 g/mol. The number of halogens is 1. The minimum atomic E-state index is 0.0284. The topological polar surface area (TPSA) is 46.4 Å². The average molecular weight is 397 g/mol. The number of anilines is 1. The fourth-order valence-electron chi connectivity index (χ4n) is 2.81. The van der Waals surface area contributed by atoms with Crippen LogP contribution in [-0.4, -0.2) is 29.2 Å². The quantitative estimate of drug-likeness (QED) is 0.736. The number of benzene rings is 1. The second-order valence-corrected chi connectivity index (χ2v) is 9.17. The van der Waals surface area contributed by atoms with Crippen LogP contribution in [0.1, 0.15) is 30.8 Å². The Morgan fingerprint density at radius 2 is 2.16 bits per heavy atom. The Hall–Kier alpha value is -1.08. The van der Waals surface area contributed by atoms with Gasteiger partial charge in [-0.2, -0.15) is 0 Å². The molecular formula is C18H23ClN3OS2+. The molecule has 1 amide bonds. The van der Waals surface area contributed by atoms with Crippen LogP contribution in [-0.2, 0) is 17.8 Å². The number of thioether (sulfide) groups is 1. The summed E-state index contributed by atoms with van der Waals surface area (Å²) < 4.78 is 0. The maximum Gasteiger partial charge on any atom is 0.226 e. The second-order valence-electron chi connectivity index (χ2n) is 6.48. The number of carbonyl (C=O) groups excluding carboxylic acids is 1. The van der Waals surface area contributed by atoms with Crippen molar-refractivity contribution in [3.63, 3.8) is 0 Å². The summed E-state index contributed by atoms with van der Waals surface area (Å²) >= 11 is 9.16. The lowest BCUT2D eigenvalue weighted by Crippen LogP contribution is -3.14. The zero-order valence-electron chi connectivity index (χ0n) is 14.5. The predicted octanol–water partition coefficient (Wildman–Crippen LogP) is 3.27. The lowest BCUT2D eigenvalue weighted by atomic mass is 10.1. The van der Waals surface area contributed by atoms with Gasteiger partial charge in [0.2, 0.25) is 5.91 Å². The Labute approximate surface area is 162 Å². The van der Waals surface area contributed by atoms with Crippen molar-refractivity contribution in [2.24, 2.45) is 0 Å². The van der Waals surface area contributed by atoms with Gasteiger partial charge in [-0.25, -0.2) is 4.98 Å². The van der Waals surface area contributed by atoms with Crippen LogP contribution in [0.3, 0.4) is 0 Å². The fraction of sp³-hybridized carbons (Fsp3) is 0.444. The maximum atomic E-state index is 12.2. The van der Waals surface area contributed by atoms with Crippen molar-refractivity contribution in [2.45, 2.75) is 44.2 Å². The molecule has 0 spiro atoms. The number of carbonyl (C=O) groups is 1. The Bertz CT molecular complexity index is 730. The van der Waals surface area contributed by atoms with Crippen molar-refractivity contribution >= 4 is 45.7 Å². The third-order valence-electron chi connectivity index (χ3n) is 4.32. The molecule has 1 unspecified atom stereocenters. The zero-order chi connectivity index (χ0) is 17.8. The van der Waals surface area contributed by atoms with Crippen molar-refractivity contribution in [3.05, 3.63) is 39.9 Å². The summed E-state index contributed by atoms with van der Waals surface area (Å²) in [6.45, 7) is 6.65. The SMILES string of the molecule is CC(C)[NH+]1CCc2nc(NC(=O)CCSc3ccc(Cl)cc3)sc2C1. The van der Waals surface area contributed by atoms with E-state index < -0.39 is 0 Å². The highest BCUT2D eigenvalue weighted by atomic mass is 35.5. The van der Waals surface area contributed by atoms with E-state index in [0.717, 1.165) is 40.3 Å². The average Bonchev–Trinajstić information content (AvgIpc) is 2.97. The van der Waals surface area contributed by atoms with E-state index in [1.165, 1.54) is 10.6 Å². The minimum absolute atomic E-state index is 0.0284. The molecule has 3 rings (SSSR count). The van der Waals surface area contributed by atoms with E-state index in [-0.39, 0.29) is 5.91 Å². The lowest BCUT2D eigenvalue weighted by molar-refractivity contribution is -0.936. The van der Waals surface area contributed by atoms with Gasteiger partial charge in [0.1, 0.15) is 6.54 Å². The normalized spacial score (nSPS) is 16.7. The van der Waals surface area contributed by atoms with Crippen molar-refractivity contribution < 1.29 is 9.69 Å². The molecule has 4 nitrogen and oxygen atoms in total. The van der Waals surface area contributed by atoms with Gasteiger partial charge in [-0.05, 0) is 38.1 Å². The standard InChI is InChI=1S/C18H22ClN3OS2/c1-12(2)22-9-7-15-16(11-22)25-18(20-15)21-17(23)8-10-24-14-5-3-13(19)4-6-14/h3-6,12H,7-11H2,1-2H3,(H,20,21,23)/p+1. The van der Waals surface area contributed by atoms with E-state index in [4.69, 9.17) is 11.6 Å². The van der Waals surface area contributed by atoms with Gasteiger partial charge in [-0.1, -0.05) is 22.9 Å². The number of quaternary nitrogens is 1. The molecule has 1 atom stereocenters. The van der Waals surface area contributed by atoms with Crippen LogP contribution in [0.25, 0.3) is 0 Å². The van der Waals surface area contributed by atoms with Crippen molar-refractivity contribution in [3.8, 4) is 0 Å². The Balaban J connectivity index is 1.48. The third-order valence-corrected chi connectivity index (χ3v) is 6.60. The second kappa shape index (κ2) is 8.54. The molecular weight excluding hydrogens is 374 g/mol. The number of hydrogen-bond donors (Lipinski definition) is 2. The number of fused-ring (bicyclic) bond motifs is 1. The largest absolute Gasteiger partial charge is 0.328 e. The van der Waals surface area contributed by atoms with E-state index in [1.54, 1.807) is 28.0 Å². The molecule has 0 saturated carbocycles. The summed E-state index contributed by atoms with van der Waals surface area (Å²) in [5, 5.41) is 4.44. The first kappa shape index (κ1) is 18.7. The minimum Gasteiger partial charge on any atom is -0.328 e. The molecule has 0 saturated heterocycles. The molecule has 0 fully saturated rings. The molecule has 1 aliphatic rings. The van der Waals surface area contributed by atoms with Gasteiger partial charge in [0.15, 0.2) is 5.13 Å². The Morgan fingerprint density at radius 3 is 2.88 bits per heavy atom. The smallest absolute Gasteiger partial charge is 0.226 e. The van der Waals surface area contributed by atoms with E-state index >= 15 is 0 Å². The molecule has 2 N–H and O–H groups in total. The van der Waals surface area contributed by atoms with Gasteiger partial charge in [0, 0.05) is 28.5 Å². The first-order chi connectivity index (χ1) is 12.0. The molecule has 0 aliphatic carbocycles. The van der Waals surface area contributed by atoms with Gasteiger partial charge < -0.3 is 10.2 Å². The van der Waals surface area contributed by atoms with E-state index in [1.807, 2.05) is 24.3 Å². The van der Waals surface area contributed by atoms with Crippen molar-refractivity contribution in [2.75, 3.05) is 17.6 Å². The molecule has 2 aromatic rings. The number of hydrogen-bond acceptors (Lipinski definition) is 4. The molecule has 7 heteroatoms. The number of nitrogens with zero attached hydrogens (tertiary/aromatic N) is 1. The number of nitrogens with one attached hydrogen (secondary N) is 2. The number of rotatable bonds is 6. The highest BCUT2D eigenvalue weighted by molar-refractivity contribution is 7.99. The van der Waals surface area contributed by atoms with Crippen LogP contribution in [0, 0.1) is 0 Å². The van der Waals surface area contributed by atoms with Gasteiger partial charge in [-0.15, -0.1) is 11.8 Å². The van der Waals surface area contributed by atoms with Gasteiger partial charge >= 0.3 is 0 Å². The zero-order valence-corrected chi connectivity index (χ0v) is 16.9. The van der Waals surface area contributed by atoms with E-state index in [2.05, 4.69) is 24.1 Å². The summed E-state index contributed by atoms with van der Waals surface area (Å²) in [6.07, 6.45) is 1.47. The number of amides is 1. The van der Waals surface area contributed by atoms with Crippen LogP contribution in [0.5, 0.6) is 0 Å². The number of thiazole rings is 1. The molecule has 1 aliphatic heterocycles. The fourth-order valence-corrected chi connectivity index (χ4v) is 4.87. The summed E-state index contributed by atoms with van der Waals surface area (Å²) in [6, 6.07) is 8.31. The van der Waals surface area contributed by atoms with Crippen LogP contribution >= 0.6 is 34.7 Å². The Kier molecular flexibility index (Phi) is 6.39. The summed E-state index contributed by atoms with van der Waals surface area (Å²) in [5.74, 6) is 0.768. The van der Waals surface area contributed by atoms with E-state index in [9.17, 15) is 4.79 Å². The molecule has 1 aromatic heterocycles. The molecule has 2 heterocycles. The van der Waals surface area contributed by atoms with Crippen molar-refractivity contribution in [1.29, 1.82) is 0 Å². The molecule has 25 heavy (non-hydrogen) atoms. The van der Waals surface area contributed by atoms with Gasteiger partial charge in [0.05, 0.1) is 23.2 Å². The highest BCUT2D eigenvalue weighted by Gasteiger charge is 2.25. The molecule has 1 aromatic carbocycles. The first-order valence-corrected chi connectivity index (χ1v) is 10.7. The van der Waals surface area contributed by atoms with E-state index in [0.29, 0.717) is 12.5 Å². The summed E-state index contributed by atoms with van der Waals surface area (Å²) in [4.78, 5) is 20.8. The van der Waals surface area contributed by atoms with Crippen LogP contribution < -0.4 is 10.2 Å². The molecule has 0 bridgehead atoms. The first-order valence-electron chi connectivity index (χ1n) is 8.52. The van der Waals surface area contributed by atoms with Crippen LogP contribution in [0.4, 0.5) is 5.13 Å². The van der Waals surface area contributed by atoms with Gasteiger partial charge in [0.25, 0.3) is 0 Å². The molecule has 134 valence electrons. The van der Waals surface area contributed by atoms with Gasteiger partial charge in [-0.3, -0.25) is 4.79 Å². The van der Waals surface area contributed by atoms with Crippen LogP contribution in [0.2, 0.25) is 5.02 Å². The summed E-state index contributed by atoms with van der Waals surface area (Å²) in [7, 11) is 0. The summed E-state index contributed by atoms with van der Waals surface area (Å²) in [5.41, 5.74) is 1.17. The lowest BCUT2D eigenvalue weighted by Gasteiger charge is -2.26. The predicted molar refractivity (Wildman–Crippen MR) is 106 cm³/mol.